The van der Waals surface area contributed by atoms with Gasteiger partial charge >= 0.3 is 0 Å². The SMILES string of the molecule is O=C(NC1CCc2nnc(Cc3ccccc3)n2CC1)c1ccc2c(c1)OCO2. The van der Waals surface area contributed by atoms with Crippen LogP contribution in [0.3, 0.4) is 0 Å². The minimum Gasteiger partial charge on any atom is -0.454 e. The van der Waals surface area contributed by atoms with Crippen LogP contribution in [0, 0.1) is 0 Å². The number of benzene rings is 2. The lowest BCUT2D eigenvalue weighted by molar-refractivity contribution is 0.0932. The van der Waals surface area contributed by atoms with Crippen LogP contribution in [-0.4, -0.2) is 33.5 Å². The van der Waals surface area contributed by atoms with E-state index >= 15 is 0 Å². The lowest BCUT2D eigenvalue weighted by Gasteiger charge is -2.16. The first-order valence-electron chi connectivity index (χ1n) is 9.91. The molecule has 3 aromatic rings. The monoisotopic (exact) mass is 390 g/mol. The van der Waals surface area contributed by atoms with Crippen LogP contribution in [0.2, 0.25) is 0 Å². The van der Waals surface area contributed by atoms with Gasteiger partial charge in [-0.05, 0) is 36.6 Å². The molecular weight excluding hydrogens is 368 g/mol. The smallest absolute Gasteiger partial charge is 0.251 e. The predicted octanol–water partition coefficient (Wildman–Crippen LogP) is 2.73. The Bertz CT molecular complexity index is 1030. The van der Waals surface area contributed by atoms with Gasteiger partial charge in [0.15, 0.2) is 11.5 Å². The normalized spacial score (nSPS) is 17.4. The zero-order valence-corrected chi connectivity index (χ0v) is 16.0. The molecule has 0 radical (unpaired) electrons. The Hall–Kier alpha value is -3.35. The summed E-state index contributed by atoms with van der Waals surface area (Å²) < 4.78 is 12.9. The van der Waals surface area contributed by atoms with Crippen molar-refractivity contribution in [2.45, 2.75) is 38.3 Å². The number of fused-ring (bicyclic) bond motifs is 2. The van der Waals surface area contributed by atoms with Gasteiger partial charge in [0.1, 0.15) is 11.6 Å². The number of carbonyl (C=O) groups is 1. The van der Waals surface area contributed by atoms with Gasteiger partial charge in [-0.25, -0.2) is 0 Å². The molecule has 7 heteroatoms. The van der Waals surface area contributed by atoms with Crippen LogP contribution in [0.4, 0.5) is 0 Å². The molecule has 0 aliphatic carbocycles. The van der Waals surface area contributed by atoms with Crippen LogP contribution in [-0.2, 0) is 19.4 Å². The minimum atomic E-state index is -0.0875. The Morgan fingerprint density at radius 2 is 1.93 bits per heavy atom. The molecule has 1 N–H and O–H groups in total. The Morgan fingerprint density at radius 1 is 1.07 bits per heavy atom. The molecule has 7 nitrogen and oxygen atoms in total. The van der Waals surface area contributed by atoms with Crippen molar-refractivity contribution in [3.8, 4) is 11.5 Å². The number of hydrogen-bond acceptors (Lipinski definition) is 5. The van der Waals surface area contributed by atoms with E-state index in [1.54, 1.807) is 18.2 Å². The van der Waals surface area contributed by atoms with E-state index < -0.39 is 0 Å². The quantitative estimate of drug-likeness (QED) is 0.741. The number of rotatable bonds is 4. The molecule has 1 atom stereocenters. The number of nitrogens with one attached hydrogen (secondary N) is 1. The summed E-state index contributed by atoms with van der Waals surface area (Å²) in [6.07, 6.45) is 3.26. The fourth-order valence-electron chi connectivity index (χ4n) is 3.91. The summed E-state index contributed by atoms with van der Waals surface area (Å²) >= 11 is 0. The molecule has 1 amide bonds. The summed E-state index contributed by atoms with van der Waals surface area (Å²) in [7, 11) is 0. The minimum absolute atomic E-state index is 0.0875. The van der Waals surface area contributed by atoms with Crippen molar-refractivity contribution in [1.29, 1.82) is 0 Å². The number of ether oxygens (including phenoxy) is 2. The first-order chi connectivity index (χ1) is 14.3. The maximum atomic E-state index is 12.7. The molecule has 2 aromatic carbocycles. The van der Waals surface area contributed by atoms with E-state index in [0.717, 1.165) is 43.9 Å². The molecule has 1 unspecified atom stereocenters. The highest BCUT2D eigenvalue weighted by molar-refractivity contribution is 5.95. The molecule has 5 rings (SSSR count). The van der Waals surface area contributed by atoms with Crippen molar-refractivity contribution in [3.05, 3.63) is 71.3 Å². The molecule has 29 heavy (non-hydrogen) atoms. The van der Waals surface area contributed by atoms with Crippen molar-refractivity contribution in [3.63, 3.8) is 0 Å². The average molecular weight is 390 g/mol. The highest BCUT2D eigenvalue weighted by Gasteiger charge is 2.23. The molecule has 3 heterocycles. The van der Waals surface area contributed by atoms with E-state index in [4.69, 9.17) is 9.47 Å². The van der Waals surface area contributed by atoms with Gasteiger partial charge in [0.05, 0.1) is 0 Å². The number of aryl methyl sites for hydroxylation is 1. The van der Waals surface area contributed by atoms with Crippen LogP contribution < -0.4 is 14.8 Å². The van der Waals surface area contributed by atoms with Crippen molar-refractivity contribution in [1.82, 2.24) is 20.1 Å². The third-order valence-electron chi connectivity index (χ3n) is 5.50. The molecule has 2 aliphatic rings. The van der Waals surface area contributed by atoms with Crippen molar-refractivity contribution < 1.29 is 14.3 Å². The number of nitrogens with zero attached hydrogens (tertiary/aromatic N) is 3. The highest BCUT2D eigenvalue weighted by atomic mass is 16.7. The second-order valence-electron chi connectivity index (χ2n) is 7.41. The lowest BCUT2D eigenvalue weighted by Crippen LogP contribution is -2.35. The summed E-state index contributed by atoms with van der Waals surface area (Å²) in [4.78, 5) is 12.7. The maximum Gasteiger partial charge on any atom is 0.251 e. The first-order valence-corrected chi connectivity index (χ1v) is 9.91. The molecule has 0 saturated carbocycles. The van der Waals surface area contributed by atoms with Gasteiger partial charge in [-0.1, -0.05) is 30.3 Å². The van der Waals surface area contributed by atoms with Crippen LogP contribution >= 0.6 is 0 Å². The third-order valence-corrected chi connectivity index (χ3v) is 5.50. The fourth-order valence-corrected chi connectivity index (χ4v) is 3.91. The van der Waals surface area contributed by atoms with E-state index in [0.29, 0.717) is 17.1 Å². The van der Waals surface area contributed by atoms with Gasteiger partial charge in [0.2, 0.25) is 6.79 Å². The van der Waals surface area contributed by atoms with Crippen LogP contribution in [0.15, 0.2) is 48.5 Å². The summed E-state index contributed by atoms with van der Waals surface area (Å²) in [6, 6.07) is 15.7. The van der Waals surface area contributed by atoms with E-state index in [1.807, 2.05) is 18.2 Å². The Labute approximate surface area is 168 Å². The average Bonchev–Trinajstić information content (AvgIpc) is 3.31. The lowest BCUT2D eigenvalue weighted by atomic mass is 10.1. The van der Waals surface area contributed by atoms with Gasteiger partial charge in [-0.3, -0.25) is 4.79 Å². The summed E-state index contributed by atoms with van der Waals surface area (Å²) in [5.74, 6) is 3.19. The third kappa shape index (κ3) is 3.68. The van der Waals surface area contributed by atoms with Gasteiger partial charge < -0.3 is 19.4 Å². The molecule has 0 saturated heterocycles. The molecular formula is C22H22N4O3. The van der Waals surface area contributed by atoms with E-state index in [2.05, 4.69) is 32.2 Å². The highest BCUT2D eigenvalue weighted by Crippen LogP contribution is 2.32. The van der Waals surface area contributed by atoms with E-state index in [-0.39, 0.29) is 18.7 Å². The number of amides is 1. The summed E-state index contributed by atoms with van der Waals surface area (Å²) in [5.41, 5.74) is 1.81. The first kappa shape index (κ1) is 17.7. The largest absolute Gasteiger partial charge is 0.454 e. The van der Waals surface area contributed by atoms with Gasteiger partial charge in [-0.2, -0.15) is 0 Å². The van der Waals surface area contributed by atoms with Gasteiger partial charge in [-0.15, -0.1) is 10.2 Å². The van der Waals surface area contributed by atoms with E-state index in [9.17, 15) is 4.79 Å². The van der Waals surface area contributed by atoms with Crippen LogP contribution in [0.25, 0.3) is 0 Å². The Kier molecular flexibility index (Phi) is 4.63. The van der Waals surface area contributed by atoms with Crippen molar-refractivity contribution >= 4 is 5.91 Å². The zero-order chi connectivity index (χ0) is 19.6. The second-order valence-corrected chi connectivity index (χ2v) is 7.41. The Balaban J connectivity index is 1.24. The number of hydrogen-bond donors (Lipinski definition) is 1. The van der Waals surface area contributed by atoms with Crippen LogP contribution in [0.5, 0.6) is 11.5 Å². The molecule has 2 aliphatic heterocycles. The standard InChI is InChI=1S/C22H22N4O3/c27-22(16-6-8-18-19(13-16)29-14-28-18)23-17-7-9-20-24-25-21(26(20)11-10-17)12-15-4-2-1-3-5-15/h1-6,8,13,17H,7,9-12,14H2,(H,23,27). The van der Waals surface area contributed by atoms with Gasteiger partial charge in [0.25, 0.3) is 5.91 Å². The maximum absolute atomic E-state index is 12.7. The topological polar surface area (TPSA) is 78.3 Å². The molecule has 0 spiro atoms. The second kappa shape index (κ2) is 7.58. The number of aromatic nitrogens is 3. The fraction of sp³-hybridized carbons (Fsp3) is 0.318. The van der Waals surface area contributed by atoms with E-state index in [1.165, 1.54) is 5.56 Å². The molecule has 0 fully saturated rings. The van der Waals surface area contributed by atoms with Crippen molar-refractivity contribution in [2.75, 3.05) is 6.79 Å². The van der Waals surface area contributed by atoms with Crippen LogP contribution in [0.1, 0.15) is 40.4 Å². The molecule has 1 aromatic heterocycles. The summed E-state index contributed by atoms with van der Waals surface area (Å²) in [5, 5.41) is 12.0. The Morgan fingerprint density at radius 3 is 2.83 bits per heavy atom. The molecule has 0 bridgehead atoms. The predicted molar refractivity (Wildman–Crippen MR) is 106 cm³/mol. The number of carbonyl (C=O) groups excluding carboxylic acids is 1. The van der Waals surface area contributed by atoms with Gasteiger partial charge in [0, 0.05) is 31.0 Å². The summed E-state index contributed by atoms with van der Waals surface area (Å²) in [6.45, 7) is 1.00. The molecule has 148 valence electrons. The van der Waals surface area contributed by atoms with Crippen molar-refractivity contribution in [2.24, 2.45) is 0 Å². The zero-order valence-electron chi connectivity index (χ0n) is 16.0.